The maximum atomic E-state index is 13.5. The summed E-state index contributed by atoms with van der Waals surface area (Å²) in [7, 11) is 0. The van der Waals surface area contributed by atoms with Crippen LogP contribution in [0, 0.1) is 10.1 Å². The zero-order valence-electron chi connectivity index (χ0n) is 19.7. The van der Waals surface area contributed by atoms with E-state index >= 15 is 0 Å². The molecule has 3 aromatic rings. The second-order valence-corrected chi connectivity index (χ2v) is 9.37. The molecule has 0 unspecified atom stereocenters. The van der Waals surface area contributed by atoms with Crippen LogP contribution in [0.4, 0.5) is 11.4 Å². The van der Waals surface area contributed by atoms with Crippen molar-refractivity contribution in [1.82, 2.24) is 4.90 Å². The van der Waals surface area contributed by atoms with Crippen molar-refractivity contribution in [2.75, 3.05) is 18.0 Å². The standard InChI is InChI=1S/C27H25N3O5/c1-27(2,3)19-10-14-20(15-11-19)28(24(31)18-8-12-21(13-9-18)30(34)35)16-17-29-25(32)22-6-4-5-7-23(22)26(29)33/h4-15H,16-17H2,1-3H3. The highest BCUT2D eigenvalue weighted by molar-refractivity contribution is 6.21. The van der Waals surface area contributed by atoms with Crippen LogP contribution < -0.4 is 4.90 Å². The number of nitro benzene ring substituents is 1. The Hall–Kier alpha value is -4.33. The Kier molecular flexibility index (Phi) is 6.22. The smallest absolute Gasteiger partial charge is 0.269 e. The molecule has 1 aliphatic heterocycles. The van der Waals surface area contributed by atoms with Crippen molar-refractivity contribution in [2.24, 2.45) is 0 Å². The van der Waals surface area contributed by atoms with Crippen LogP contribution in [0.1, 0.15) is 57.4 Å². The summed E-state index contributed by atoms with van der Waals surface area (Å²) >= 11 is 0. The van der Waals surface area contributed by atoms with Crippen LogP contribution in [-0.2, 0) is 5.41 Å². The molecule has 0 saturated heterocycles. The van der Waals surface area contributed by atoms with Gasteiger partial charge < -0.3 is 4.90 Å². The van der Waals surface area contributed by atoms with Crippen LogP contribution in [0.5, 0.6) is 0 Å². The summed E-state index contributed by atoms with van der Waals surface area (Å²) in [5, 5.41) is 11.0. The number of hydrogen-bond donors (Lipinski definition) is 0. The van der Waals surface area contributed by atoms with E-state index in [9.17, 15) is 24.5 Å². The lowest BCUT2D eigenvalue weighted by Gasteiger charge is -2.26. The number of imide groups is 1. The number of rotatable bonds is 6. The molecule has 0 aliphatic carbocycles. The Balaban J connectivity index is 1.63. The summed E-state index contributed by atoms with van der Waals surface area (Å²) in [6.07, 6.45) is 0. The van der Waals surface area contributed by atoms with Crippen LogP contribution in [0.15, 0.2) is 72.8 Å². The van der Waals surface area contributed by atoms with E-state index < -0.39 is 16.7 Å². The molecule has 3 amide bonds. The first kappa shape index (κ1) is 23.8. The first-order chi connectivity index (χ1) is 16.6. The fourth-order valence-electron chi connectivity index (χ4n) is 4.01. The largest absolute Gasteiger partial charge is 0.307 e. The van der Waals surface area contributed by atoms with Gasteiger partial charge in [0.1, 0.15) is 0 Å². The molecule has 0 saturated carbocycles. The van der Waals surface area contributed by atoms with Crippen LogP contribution in [-0.4, -0.2) is 40.6 Å². The van der Waals surface area contributed by atoms with Crippen molar-refractivity contribution in [2.45, 2.75) is 26.2 Å². The third-order valence-corrected chi connectivity index (χ3v) is 6.04. The number of carbonyl (C=O) groups is 3. The van der Waals surface area contributed by atoms with Gasteiger partial charge >= 0.3 is 0 Å². The summed E-state index contributed by atoms with van der Waals surface area (Å²) < 4.78 is 0. The average molecular weight is 472 g/mol. The van der Waals surface area contributed by atoms with Gasteiger partial charge in [0.05, 0.1) is 16.1 Å². The van der Waals surface area contributed by atoms with Gasteiger partial charge in [0.2, 0.25) is 0 Å². The second kappa shape index (κ2) is 9.13. The van der Waals surface area contributed by atoms with Crippen molar-refractivity contribution in [1.29, 1.82) is 0 Å². The number of nitro groups is 1. The molecule has 0 spiro atoms. The van der Waals surface area contributed by atoms with Gasteiger partial charge in [-0.1, -0.05) is 45.0 Å². The molecular weight excluding hydrogens is 446 g/mol. The van der Waals surface area contributed by atoms with Crippen molar-refractivity contribution < 1.29 is 19.3 Å². The predicted molar refractivity (Wildman–Crippen MR) is 132 cm³/mol. The average Bonchev–Trinajstić information content (AvgIpc) is 3.08. The molecule has 1 aliphatic rings. The number of carbonyl (C=O) groups excluding carboxylic acids is 3. The summed E-state index contributed by atoms with van der Waals surface area (Å²) in [5.74, 6) is -1.17. The van der Waals surface area contributed by atoms with E-state index in [1.165, 1.54) is 29.2 Å². The minimum Gasteiger partial charge on any atom is -0.307 e. The quantitative estimate of drug-likeness (QED) is 0.291. The topological polar surface area (TPSA) is 101 Å². The van der Waals surface area contributed by atoms with Gasteiger partial charge in [0.25, 0.3) is 23.4 Å². The predicted octanol–water partition coefficient (Wildman–Crippen LogP) is 4.84. The molecular formula is C27H25N3O5. The number of fused-ring (bicyclic) bond motifs is 1. The molecule has 3 aromatic carbocycles. The maximum Gasteiger partial charge on any atom is 0.269 e. The molecule has 0 fully saturated rings. The van der Waals surface area contributed by atoms with E-state index in [0.717, 1.165) is 10.5 Å². The first-order valence-corrected chi connectivity index (χ1v) is 11.2. The third kappa shape index (κ3) is 4.68. The highest BCUT2D eigenvalue weighted by Gasteiger charge is 2.35. The Labute approximate surface area is 202 Å². The molecule has 178 valence electrons. The molecule has 8 heteroatoms. The third-order valence-electron chi connectivity index (χ3n) is 6.04. The number of hydrogen-bond acceptors (Lipinski definition) is 5. The lowest BCUT2D eigenvalue weighted by Crippen LogP contribution is -2.41. The number of anilines is 1. The van der Waals surface area contributed by atoms with Gasteiger partial charge in [0, 0.05) is 36.5 Å². The van der Waals surface area contributed by atoms with Gasteiger partial charge in [-0.3, -0.25) is 29.4 Å². The minimum atomic E-state index is -0.528. The number of nitrogens with zero attached hydrogens (tertiary/aromatic N) is 3. The van der Waals surface area contributed by atoms with Gasteiger partial charge in [-0.05, 0) is 47.4 Å². The minimum absolute atomic E-state index is 0.00604. The summed E-state index contributed by atoms with van der Waals surface area (Å²) in [5.41, 5.74) is 2.45. The van der Waals surface area contributed by atoms with Gasteiger partial charge in [-0.15, -0.1) is 0 Å². The maximum absolute atomic E-state index is 13.5. The lowest BCUT2D eigenvalue weighted by atomic mass is 9.87. The van der Waals surface area contributed by atoms with Gasteiger partial charge in [-0.25, -0.2) is 0 Å². The normalized spacial score (nSPS) is 13.1. The SMILES string of the molecule is CC(C)(C)c1ccc(N(CCN2C(=O)c3ccccc3C2=O)C(=O)c2ccc([N+](=O)[O-])cc2)cc1. The zero-order chi connectivity index (χ0) is 25.3. The molecule has 35 heavy (non-hydrogen) atoms. The highest BCUT2D eigenvalue weighted by atomic mass is 16.6. The summed E-state index contributed by atoms with van der Waals surface area (Å²) in [6, 6.07) is 19.5. The Morgan fingerprint density at radius 2 is 1.43 bits per heavy atom. The highest BCUT2D eigenvalue weighted by Crippen LogP contribution is 2.27. The van der Waals surface area contributed by atoms with Crippen molar-refractivity contribution in [3.63, 3.8) is 0 Å². The van der Waals surface area contributed by atoms with Crippen molar-refractivity contribution >= 4 is 29.1 Å². The van der Waals surface area contributed by atoms with E-state index in [-0.39, 0.29) is 35.7 Å². The van der Waals surface area contributed by atoms with E-state index in [2.05, 4.69) is 20.8 Å². The lowest BCUT2D eigenvalue weighted by molar-refractivity contribution is -0.384. The molecule has 1 heterocycles. The van der Waals surface area contributed by atoms with E-state index in [1.54, 1.807) is 24.3 Å². The van der Waals surface area contributed by atoms with Crippen molar-refractivity contribution in [3.8, 4) is 0 Å². The molecule has 0 atom stereocenters. The number of benzene rings is 3. The second-order valence-electron chi connectivity index (χ2n) is 9.37. The first-order valence-electron chi connectivity index (χ1n) is 11.2. The molecule has 4 rings (SSSR count). The van der Waals surface area contributed by atoms with Crippen LogP contribution in [0.2, 0.25) is 0 Å². The Bertz CT molecular complexity index is 1270. The summed E-state index contributed by atoms with van der Waals surface area (Å²) in [4.78, 5) is 52.1. The van der Waals surface area contributed by atoms with E-state index in [4.69, 9.17) is 0 Å². The van der Waals surface area contributed by atoms with Gasteiger partial charge in [0.15, 0.2) is 0 Å². The van der Waals surface area contributed by atoms with Crippen LogP contribution in [0.3, 0.4) is 0 Å². The Morgan fingerprint density at radius 1 is 0.886 bits per heavy atom. The Morgan fingerprint density at radius 3 is 1.91 bits per heavy atom. The van der Waals surface area contributed by atoms with Crippen LogP contribution in [0.25, 0.3) is 0 Å². The van der Waals surface area contributed by atoms with E-state index in [0.29, 0.717) is 16.8 Å². The molecule has 0 aromatic heterocycles. The molecule has 8 nitrogen and oxygen atoms in total. The summed E-state index contributed by atoms with van der Waals surface area (Å²) in [6.45, 7) is 6.33. The monoisotopic (exact) mass is 471 g/mol. The fraction of sp³-hybridized carbons (Fsp3) is 0.222. The van der Waals surface area contributed by atoms with Crippen LogP contribution >= 0.6 is 0 Å². The molecule has 0 N–H and O–H groups in total. The molecule has 0 bridgehead atoms. The number of non-ortho nitro benzene ring substituents is 1. The zero-order valence-corrected chi connectivity index (χ0v) is 19.7. The molecule has 0 radical (unpaired) electrons. The van der Waals surface area contributed by atoms with Gasteiger partial charge in [-0.2, -0.15) is 0 Å². The van der Waals surface area contributed by atoms with E-state index in [1.807, 2.05) is 24.3 Å². The van der Waals surface area contributed by atoms with Crippen molar-refractivity contribution in [3.05, 3.63) is 105 Å². The fourth-order valence-corrected chi connectivity index (χ4v) is 4.01. The number of amides is 3.